The monoisotopic (exact) mass is 296 g/mol. The van der Waals surface area contributed by atoms with Gasteiger partial charge in [-0.2, -0.15) is 0 Å². The maximum Gasteiger partial charge on any atom is 0.0254 e. The molecular formula is C19H40N2. The summed E-state index contributed by atoms with van der Waals surface area (Å²) in [5.41, 5.74) is 0.447. The molecule has 21 heavy (non-hydrogen) atoms. The van der Waals surface area contributed by atoms with Crippen molar-refractivity contribution in [3.8, 4) is 0 Å². The summed E-state index contributed by atoms with van der Waals surface area (Å²) in [6.45, 7) is 19.0. The van der Waals surface area contributed by atoms with Gasteiger partial charge in [0.1, 0.15) is 0 Å². The van der Waals surface area contributed by atoms with E-state index in [-0.39, 0.29) is 0 Å². The van der Waals surface area contributed by atoms with Gasteiger partial charge in [0.2, 0.25) is 0 Å². The molecule has 0 aromatic carbocycles. The van der Waals surface area contributed by atoms with Crippen LogP contribution in [-0.2, 0) is 0 Å². The molecule has 1 saturated carbocycles. The van der Waals surface area contributed by atoms with Crippen LogP contribution in [0.4, 0.5) is 0 Å². The second-order valence-electron chi connectivity index (χ2n) is 8.34. The molecule has 0 aromatic heterocycles. The van der Waals surface area contributed by atoms with E-state index >= 15 is 0 Å². The van der Waals surface area contributed by atoms with Crippen LogP contribution in [0.1, 0.15) is 80.6 Å². The smallest absolute Gasteiger partial charge is 0.0254 e. The Morgan fingerprint density at radius 1 is 1.10 bits per heavy atom. The third-order valence-corrected chi connectivity index (χ3v) is 5.27. The van der Waals surface area contributed by atoms with E-state index in [0.29, 0.717) is 17.5 Å². The summed E-state index contributed by atoms with van der Waals surface area (Å²) in [5.74, 6) is 0.861. The molecule has 0 saturated heterocycles. The van der Waals surface area contributed by atoms with Crippen molar-refractivity contribution in [3.05, 3.63) is 0 Å². The molecule has 0 aromatic rings. The van der Waals surface area contributed by atoms with Gasteiger partial charge < -0.3 is 5.32 Å². The fourth-order valence-electron chi connectivity index (χ4n) is 3.93. The van der Waals surface area contributed by atoms with Crippen LogP contribution < -0.4 is 5.32 Å². The molecule has 0 spiro atoms. The molecule has 1 aliphatic carbocycles. The van der Waals surface area contributed by atoms with E-state index in [9.17, 15) is 0 Å². The predicted molar refractivity (Wildman–Crippen MR) is 94.8 cm³/mol. The predicted octanol–water partition coefficient (Wildman–Crippen LogP) is 4.69. The molecule has 0 heterocycles. The van der Waals surface area contributed by atoms with Crippen LogP contribution in [0.3, 0.4) is 0 Å². The van der Waals surface area contributed by atoms with Crippen LogP contribution in [0.2, 0.25) is 0 Å². The summed E-state index contributed by atoms with van der Waals surface area (Å²) in [6, 6.07) is 2.06. The molecule has 0 bridgehead atoms. The van der Waals surface area contributed by atoms with E-state index in [1.54, 1.807) is 0 Å². The highest BCUT2D eigenvalue weighted by Crippen LogP contribution is 2.39. The zero-order valence-corrected chi connectivity index (χ0v) is 15.7. The van der Waals surface area contributed by atoms with Crippen molar-refractivity contribution >= 4 is 0 Å². The average molecular weight is 297 g/mol. The van der Waals surface area contributed by atoms with E-state index in [0.717, 1.165) is 12.0 Å². The van der Waals surface area contributed by atoms with Crippen LogP contribution in [-0.4, -0.2) is 36.1 Å². The molecule has 2 nitrogen and oxygen atoms in total. The molecule has 1 N–H and O–H groups in total. The highest BCUT2D eigenvalue weighted by molar-refractivity contribution is 4.95. The Labute approximate surface area is 134 Å². The Bertz CT molecular complexity index is 280. The molecule has 1 rings (SSSR count). The minimum absolute atomic E-state index is 0.447. The highest BCUT2D eigenvalue weighted by atomic mass is 15.2. The van der Waals surface area contributed by atoms with Crippen molar-refractivity contribution in [2.24, 2.45) is 11.3 Å². The molecule has 1 fully saturated rings. The lowest BCUT2D eigenvalue weighted by molar-refractivity contribution is 0.0406. The molecule has 2 heteroatoms. The normalized spacial score (nSPS) is 27.6. The molecular weight excluding hydrogens is 256 g/mol. The minimum Gasteiger partial charge on any atom is -0.312 e. The number of rotatable bonds is 7. The lowest BCUT2D eigenvalue weighted by atomic mass is 9.69. The number of hydrogen-bond acceptors (Lipinski definition) is 2. The Morgan fingerprint density at radius 3 is 2.24 bits per heavy atom. The van der Waals surface area contributed by atoms with Gasteiger partial charge in [-0.3, -0.25) is 4.90 Å². The first-order valence-electron chi connectivity index (χ1n) is 9.30. The maximum absolute atomic E-state index is 3.85. The first-order valence-corrected chi connectivity index (χ1v) is 9.30. The first kappa shape index (κ1) is 19.0. The summed E-state index contributed by atoms with van der Waals surface area (Å²) in [4.78, 5) is 2.77. The first-order chi connectivity index (χ1) is 9.81. The van der Waals surface area contributed by atoms with Crippen LogP contribution in [0.5, 0.6) is 0 Å². The van der Waals surface area contributed by atoms with Gasteiger partial charge in [-0.15, -0.1) is 0 Å². The van der Waals surface area contributed by atoms with E-state index < -0.39 is 0 Å². The van der Waals surface area contributed by atoms with Crippen molar-refractivity contribution in [2.45, 2.75) is 98.7 Å². The SMILES string of the molecule is CCCNC1CCC(C(C)(C)C)CC1N(CCC)C(C)C. The van der Waals surface area contributed by atoms with Crippen molar-refractivity contribution in [1.82, 2.24) is 10.2 Å². The summed E-state index contributed by atoms with van der Waals surface area (Å²) in [7, 11) is 0. The van der Waals surface area contributed by atoms with E-state index in [2.05, 4.69) is 58.7 Å². The number of hydrogen-bond donors (Lipinski definition) is 1. The molecule has 3 unspecified atom stereocenters. The lowest BCUT2D eigenvalue weighted by Gasteiger charge is -2.48. The third-order valence-electron chi connectivity index (χ3n) is 5.27. The average Bonchev–Trinajstić information content (AvgIpc) is 2.41. The van der Waals surface area contributed by atoms with Gasteiger partial charge in [0, 0.05) is 18.1 Å². The highest BCUT2D eigenvalue weighted by Gasteiger charge is 2.38. The van der Waals surface area contributed by atoms with Gasteiger partial charge in [0.05, 0.1) is 0 Å². The van der Waals surface area contributed by atoms with Crippen molar-refractivity contribution in [3.63, 3.8) is 0 Å². The Morgan fingerprint density at radius 2 is 1.76 bits per heavy atom. The zero-order valence-electron chi connectivity index (χ0n) is 15.7. The van der Waals surface area contributed by atoms with Crippen molar-refractivity contribution in [2.75, 3.05) is 13.1 Å². The standard InChI is InChI=1S/C19H40N2/c1-8-12-20-17-11-10-16(19(5,6)7)14-18(17)21(13-9-2)15(3)4/h15-18,20H,8-14H2,1-7H3. The molecule has 0 amide bonds. The van der Waals surface area contributed by atoms with E-state index in [1.807, 2.05) is 0 Å². The summed E-state index contributed by atoms with van der Waals surface area (Å²) >= 11 is 0. The third kappa shape index (κ3) is 5.56. The Hall–Kier alpha value is -0.0800. The Kier molecular flexibility index (Phi) is 7.70. The van der Waals surface area contributed by atoms with E-state index in [4.69, 9.17) is 0 Å². The van der Waals surface area contributed by atoms with Gasteiger partial charge in [-0.1, -0.05) is 34.6 Å². The molecule has 1 aliphatic rings. The second-order valence-corrected chi connectivity index (χ2v) is 8.34. The van der Waals surface area contributed by atoms with Gasteiger partial charge >= 0.3 is 0 Å². The number of nitrogens with zero attached hydrogens (tertiary/aromatic N) is 1. The maximum atomic E-state index is 3.85. The summed E-state index contributed by atoms with van der Waals surface area (Å²) in [5, 5.41) is 3.85. The van der Waals surface area contributed by atoms with Crippen LogP contribution in [0.15, 0.2) is 0 Å². The fraction of sp³-hybridized carbons (Fsp3) is 1.00. The Balaban J connectivity index is 2.85. The van der Waals surface area contributed by atoms with Gasteiger partial charge in [-0.25, -0.2) is 0 Å². The van der Waals surface area contributed by atoms with Gasteiger partial charge in [0.15, 0.2) is 0 Å². The molecule has 0 radical (unpaired) electrons. The van der Waals surface area contributed by atoms with Gasteiger partial charge in [-0.05, 0) is 70.4 Å². The molecule has 3 atom stereocenters. The van der Waals surface area contributed by atoms with Crippen LogP contribution in [0.25, 0.3) is 0 Å². The largest absolute Gasteiger partial charge is 0.312 e. The summed E-state index contributed by atoms with van der Waals surface area (Å²) < 4.78 is 0. The minimum atomic E-state index is 0.447. The zero-order chi connectivity index (χ0) is 16.0. The number of nitrogens with one attached hydrogen (secondary N) is 1. The fourth-order valence-corrected chi connectivity index (χ4v) is 3.93. The van der Waals surface area contributed by atoms with Crippen molar-refractivity contribution < 1.29 is 0 Å². The lowest BCUT2D eigenvalue weighted by Crippen LogP contribution is -2.56. The quantitative estimate of drug-likeness (QED) is 0.733. The molecule has 126 valence electrons. The van der Waals surface area contributed by atoms with Crippen molar-refractivity contribution in [1.29, 1.82) is 0 Å². The summed E-state index contributed by atoms with van der Waals surface area (Å²) in [6.07, 6.45) is 6.60. The van der Waals surface area contributed by atoms with Gasteiger partial charge in [0.25, 0.3) is 0 Å². The van der Waals surface area contributed by atoms with Crippen LogP contribution >= 0.6 is 0 Å². The second kappa shape index (κ2) is 8.53. The topological polar surface area (TPSA) is 15.3 Å². The van der Waals surface area contributed by atoms with Crippen LogP contribution in [0, 0.1) is 11.3 Å². The van der Waals surface area contributed by atoms with E-state index in [1.165, 1.54) is 45.2 Å². The molecule has 0 aliphatic heterocycles.